The van der Waals surface area contributed by atoms with E-state index in [0.717, 1.165) is 0 Å². The molecule has 0 spiro atoms. The Morgan fingerprint density at radius 1 is 1.30 bits per heavy atom. The summed E-state index contributed by atoms with van der Waals surface area (Å²) in [7, 11) is 3.40. The second-order valence-electron chi connectivity index (χ2n) is 3.69. The van der Waals surface area contributed by atoms with E-state index in [1.54, 1.807) is 0 Å². The lowest BCUT2D eigenvalue weighted by Gasteiger charge is -2.47. The van der Waals surface area contributed by atoms with Crippen LogP contribution in [0.4, 0.5) is 0 Å². The molecule has 60 valence electrons. The van der Waals surface area contributed by atoms with Gasteiger partial charge in [-0.25, -0.2) is 0 Å². The molecule has 10 heavy (non-hydrogen) atoms. The third-order valence-electron chi connectivity index (χ3n) is 2.86. The zero-order valence-electron chi connectivity index (χ0n) is 7.52. The molecule has 0 aliphatic carbocycles. The summed E-state index contributed by atoms with van der Waals surface area (Å²) in [6.07, 6.45) is 1.34. The Morgan fingerprint density at radius 2 is 1.90 bits per heavy atom. The van der Waals surface area contributed by atoms with Crippen LogP contribution in [0.25, 0.3) is 0 Å². The molecule has 1 rings (SSSR count). The van der Waals surface area contributed by atoms with Crippen molar-refractivity contribution in [2.45, 2.75) is 25.9 Å². The van der Waals surface area contributed by atoms with Crippen LogP contribution in [-0.2, 0) is 0 Å². The number of rotatable bonds is 0. The van der Waals surface area contributed by atoms with Crippen LogP contribution < -0.4 is 0 Å². The lowest BCUT2D eigenvalue weighted by atomic mass is 10.1. The van der Waals surface area contributed by atoms with Crippen molar-refractivity contribution in [1.29, 1.82) is 0 Å². The lowest BCUT2D eigenvalue weighted by Crippen LogP contribution is -2.58. The first-order valence-corrected chi connectivity index (χ1v) is 4.87. The third-order valence-corrected chi connectivity index (χ3v) is 4.40. The van der Waals surface area contributed by atoms with E-state index in [-0.39, 0.29) is 0 Å². The van der Waals surface area contributed by atoms with Gasteiger partial charge < -0.3 is 4.57 Å². The zero-order valence-corrected chi connectivity index (χ0v) is 9.52. The highest BCUT2D eigenvalue weighted by atomic mass is 28.2. The predicted molar refractivity (Wildman–Crippen MR) is 48.0 cm³/mol. The van der Waals surface area contributed by atoms with Gasteiger partial charge in [0.05, 0.1) is 16.1 Å². The molecule has 0 aromatic heterocycles. The van der Waals surface area contributed by atoms with Gasteiger partial charge in [0.15, 0.2) is 0 Å². The molecular weight excluding hydrogens is 140 g/mol. The first kappa shape index (κ1) is 8.24. The van der Waals surface area contributed by atoms with Crippen LogP contribution >= 0.6 is 0 Å². The highest BCUT2D eigenvalue weighted by Gasteiger charge is 2.30. The summed E-state index contributed by atoms with van der Waals surface area (Å²) in [4.78, 5) is 2.43. The van der Waals surface area contributed by atoms with Crippen LogP contribution in [0.5, 0.6) is 0 Å². The fourth-order valence-electron chi connectivity index (χ4n) is 1.38. The van der Waals surface area contributed by atoms with Crippen molar-refractivity contribution in [3.8, 4) is 0 Å². The minimum absolute atomic E-state index is 0.324. The third kappa shape index (κ3) is 1.26. The van der Waals surface area contributed by atoms with Crippen LogP contribution in [0, 0.1) is 0 Å². The maximum Gasteiger partial charge on any atom is 0.0806 e. The average Bonchev–Trinajstić information content (AvgIpc) is 1.84. The maximum atomic E-state index is 2.54. The molecule has 1 aliphatic heterocycles. The number of hydrogen-bond acceptors (Lipinski definition) is 2. The quantitative estimate of drug-likeness (QED) is 0.444. The van der Waals surface area contributed by atoms with E-state index in [1.165, 1.54) is 29.9 Å². The van der Waals surface area contributed by atoms with Crippen molar-refractivity contribution >= 4 is 10.4 Å². The molecule has 0 unspecified atom stereocenters. The molecule has 0 bridgehead atoms. The Hall–Kier alpha value is 0.137. The minimum atomic E-state index is 0.324. The van der Waals surface area contributed by atoms with Crippen LogP contribution in [0.2, 0.25) is 0 Å². The van der Waals surface area contributed by atoms with Crippen molar-refractivity contribution in [2.24, 2.45) is 0 Å². The highest BCUT2D eigenvalue weighted by Crippen LogP contribution is 2.20. The fraction of sp³-hybridized carbons (Fsp3) is 1.00. The van der Waals surface area contributed by atoms with Gasteiger partial charge in [-0.15, -0.1) is 0 Å². The Morgan fingerprint density at radius 3 is 2.30 bits per heavy atom. The Labute approximate surface area is 66.7 Å². The summed E-state index contributed by atoms with van der Waals surface area (Å²) in [5, 5.41) is 0. The van der Waals surface area contributed by atoms with Crippen molar-refractivity contribution in [1.82, 2.24) is 9.47 Å². The van der Waals surface area contributed by atoms with Crippen LogP contribution in [0.1, 0.15) is 20.3 Å². The monoisotopic (exact) mass is 158 g/mol. The van der Waals surface area contributed by atoms with Crippen molar-refractivity contribution in [3.63, 3.8) is 0 Å². The Kier molecular flexibility index (Phi) is 2.17. The molecule has 1 heterocycles. The molecule has 1 saturated heterocycles. The average molecular weight is 158 g/mol. The second kappa shape index (κ2) is 2.64. The van der Waals surface area contributed by atoms with Gasteiger partial charge in [-0.3, -0.25) is 4.90 Å². The van der Waals surface area contributed by atoms with E-state index in [4.69, 9.17) is 0 Å². The second-order valence-corrected chi connectivity index (χ2v) is 4.77. The van der Waals surface area contributed by atoms with Crippen molar-refractivity contribution < 1.29 is 0 Å². The summed E-state index contributed by atoms with van der Waals surface area (Å²) in [5.41, 5.74) is 0.324. The topological polar surface area (TPSA) is 6.48 Å². The molecule has 3 heteroatoms. The predicted octanol–water partition coefficient (Wildman–Crippen LogP) is -0.360. The Bertz CT molecular complexity index is 113. The molecule has 0 saturated carbocycles. The zero-order chi connectivity index (χ0) is 7.78. The van der Waals surface area contributed by atoms with Crippen molar-refractivity contribution in [3.05, 3.63) is 0 Å². The molecule has 0 radical (unpaired) electrons. The van der Waals surface area contributed by atoms with Gasteiger partial charge in [-0.1, -0.05) is 0 Å². The van der Waals surface area contributed by atoms with E-state index in [1.807, 2.05) is 0 Å². The van der Waals surface area contributed by atoms with Crippen LogP contribution in [0.3, 0.4) is 0 Å². The summed E-state index contributed by atoms with van der Waals surface area (Å²) < 4.78 is 2.54. The van der Waals surface area contributed by atoms with E-state index in [2.05, 4.69) is 30.4 Å². The van der Waals surface area contributed by atoms with Gasteiger partial charge in [-0.2, -0.15) is 0 Å². The summed E-state index contributed by atoms with van der Waals surface area (Å²) in [5.74, 6) is 0. The number of hydrogen-bond donors (Lipinski definition) is 0. The van der Waals surface area contributed by atoms with Gasteiger partial charge in [0.1, 0.15) is 0 Å². The molecule has 0 amide bonds. The van der Waals surface area contributed by atoms with Gasteiger partial charge in [0, 0.05) is 6.54 Å². The first-order chi connectivity index (χ1) is 4.55. The first-order valence-electron chi connectivity index (χ1n) is 3.97. The van der Waals surface area contributed by atoms with E-state index >= 15 is 0 Å². The van der Waals surface area contributed by atoms with E-state index in [0.29, 0.717) is 5.66 Å². The largest absolute Gasteiger partial charge is 0.316 e. The van der Waals surface area contributed by atoms with Gasteiger partial charge in [-0.05, 0) is 33.9 Å². The highest BCUT2D eigenvalue weighted by molar-refractivity contribution is 6.04. The normalized spacial score (nSPS) is 29.1. The van der Waals surface area contributed by atoms with Gasteiger partial charge in [0.2, 0.25) is 0 Å². The smallest absolute Gasteiger partial charge is 0.0806 e. The van der Waals surface area contributed by atoms with Gasteiger partial charge in [0.25, 0.3) is 0 Å². The van der Waals surface area contributed by atoms with E-state index in [9.17, 15) is 0 Å². The molecule has 0 N–H and O–H groups in total. The fourth-order valence-corrected chi connectivity index (χ4v) is 2.04. The summed E-state index contributed by atoms with van der Waals surface area (Å²) in [6.45, 7) is 7.16. The SMILES string of the molecule is CN1CCCN([SiH3])C1(C)C. The number of nitrogens with zero attached hydrogens (tertiary/aromatic N) is 2. The van der Waals surface area contributed by atoms with E-state index < -0.39 is 0 Å². The molecule has 1 aliphatic rings. The molecule has 0 aromatic rings. The lowest BCUT2D eigenvalue weighted by molar-refractivity contribution is 0.00884. The maximum absolute atomic E-state index is 2.54. The molecular formula is C7H18N2Si. The molecule has 2 nitrogen and oxygen atoms in total. The summed E-state index contributed by atoms with van der Waals surface area (Å²) in [6, 6.07) is 0. The standard InChI is InChI=1S/C7H18N2Si/c1-7(2)8(3)5-4-6-9(7)10/h4-6H2,1-3,10H3. The van der Waals surface area contributed by atoms with Gasteiger partial charge >= 0.3 is 0 Å². The summed E-state index contributed by atoms with van der Waals surface area (Å²) >= 11 is 0. The molecule has 1 fully saturated rings. The van der Waals surface area contributed by atoms with Crippen molar-refractivity contribution in [2.75, 3.05) is 20.1 Å². The van der Waals surface area contributed by atoms with Crippen LogP contribution in [0.15, 0.2) is 0 Å². The minimum Gasteiger partial charge on any atom is -0.316 e. The Balaban J connectivity index is 2.63. The molecule has 0 aromatic carbocycles. The van der Waals surface area contributed by atoms with Crippen LogP contribution in [-0.4, -0.2) is 45.7 Å². The molecule has 0 atom stereocenters.